The number of hydrogen-bond donors (Lipinski definition) is 2. The molecule has 2 N–H and O–H groups in total. The van der Waals surface area contributed by atoms with Crippen LogP contribution < -0.4 is 14.9 Å². The first kappa shape index (κ1) is 28.5. The number of rotatable bonds is 7. The van der Waals surface area contributed by atoms with Gasteiger partial charge in [0.15, 0.2) is 0 Å². The summed E-state index contributed by atoms with van der Waals surface area (Å²) >= 11 is 0. The number of ether oxygens (including phenoxy) is 1. The van der Waals surface area contributed by atoms with Gasteiger partial charge in [-0.15, -0.1) is 0 Å². The van der Waals surface area contributed by atoms with E-state index in [4.69, 9.17) is 9.73 Å². The van der Waals surface area contributed by atoms with Crippen LogP contribution in [0.1, 0.15) is 36.3 Å². The summed E-state index contributed by atoms with van der Waals surface area (Å²) in [4.78, 5) is 23.3. The average molecular weight is 588 g/mol. The molecule has 220 valence electrons. The second-order valence-corrected chi connectivity index (χ2v) is 12.9. The molecule has 1 atom stereocenters. The molecule has 0 aromatic heterocycles. The van der Waals surface area contributed by atoms with Crippen molar-refractivity contribution in [3.8, 4) is 0 Å². The lowest BCUT2D eigenvalue weighted by atomic mass is 9.90. The number of nitrogens with one attached hydrogen (secondary N) is 2. The monoisotopic (exact) mass is 587 g/mol. The first-order chi connectivity index (χ1) is 20.4. The van der Waals surface area contributed by atoms with Crippen molar-refractivity contribution in [1.29, 1.82) is 0 Å². The largest absolute Gasteiger partial charge is 0.381 e. The minimum Gasteiger partial charge on any atom is -0.381 e. The lowest BCUT2D eigenvalue weighted by molar-refractivity contribution is -0.115. The van der Waals surface area contributed by atoms with Gasteiger partial charge in [0.1, 0.15) is 5.92 Å². The fraction of sp³-hybridized carbons (Fsp3) is 0.375. The number of benzene rings is 3. The smallest absolute Gasteiger partial charge is 0.240 e. The molecule has 3 aromatic carbocycles. The van der Waals surface area contributed by atoms with E-state index in [9.17, 15) is 13.2 Å². The highest BCUT2D eigenvalue weighted by Gasteiger charge is 2.37. The van der Waals surface area contributed by atoms with Crippen LogP contribution in [0.15, 0.2) is 82.7 Å². The third-order valence-corrected chi connectivity index (χ3v) is 9.75. The Balaban J connectivity index is 1.33. The third kappa shape index (κ3) is 6.27. The van der Waals surface area contributed by atoms with E-state index in [0.29, 0.717) is 43.0 Å². The van der Waals surface area contributed by atoms with Crippen molar-refractivity contribution >= 4 is 38.7 Å². The zero-order valence-corrected chi connectivity index (χ0v) is 24.6. The van der Waals surface area contributed by atoms with Gasteiger partial charge in [0, 0.05) is 50.3 Å². The van der Waals surface area contributed by atoms with Gasteiger partial charge in [-0.1, -0.05) is 30.3 Å². The zero-order valence-electron chi connectivity index (χ0n) is 23.8. The van der Waals surface area contributed by atoms with Crippen molar-refractivity contribution < 1.29 is 17.9 Å². The van der Waals surface area contributed by atoms with Gasteiger partial charge < -0.3 is 19.9 Å². The molecular formula is C32H37N5O4S. The van der Waals surface area contributed by atoms with Crippen LogP contribution in [-0.2, 0) is 19.6 Å². The molecular weight excluding hydrogens is 550 g/mol. The van der Waals surface area contributed by atoms with Gasteiger partial charge in [0.2, 0.25) is 15.9 Å². The van der Waals surface area contributed by atoms with Crippen LogP contribution >= 0.6 is 0 Å². The van der Waals surface area contributed by atoms with E-state index in [1.165, 1.54) is 0 Å². The molecule has 0 bridgehead atoms. The highest BCUT2D eigenvalue weighted by Crippen LogP contribution is 2.38. The summed E-state index contributed by atoms with van der Waals surface area (Å²) in [5, 5.41) is 2.94. The molecule has 3 heterocycles. The predicted molar refractivity (Wildman–Crippen MR) is 165 cm³/mol. The van der Waals surface area contributed by atoms with Crippen molar-refractivity contribution in [3.05, 3.63) is 83.9 Å². The molecule has 0 radical (unpaired) electrons. The number of hydrogen-bond acceptors (Lipinski definition) is 7. The van der Waals surface area contributed by atoms with Crippen LogP contribution in [0.2, 0.25) is 0 Å². The number of amides is 1. The Hall–Kier alpha value is -3.57. The number of sulfonamides is 1. The van der Waals surface area contributed by atoms with E-state index < -0.39 is 15.9 Å². The van der Waals surface area contributed by atoms with E-state index in [1.807, 2.05) is 42.5 Å². The Morgan fingerprint density at radius 1 is 0.952 bits per heavy atom. The Labute approximate surface area is 247 Å². The highest BCUT2D eigenvalue weighted by molar-refractivity contribution is 7.89. The maximum atomic E-state index is 13.5. The summed E-state index contributed by atoms with van der Waals surface area (Å²) in [5.74, 6) is -0.994. The van der Waals surface area contributed by atoms with Gasteiger partial charge >= 0.3 is 0 Å². The van der Waals surface area contributed by atoms with Gasteiger partial charge in [0.25, 0.3) is 0 Å². The van der Waals surface area contributed by atoms with Crippen LogP contribution in [-0.4, -0.2) is 77.4 Å². The first-order valence-electron chi connectivity index (χ1n) is 14.6. The summed E-state index contributed by atoms with van der Waals surface area (Å²) in [7, 11) is -1.63. The van der Waals surface area contributed by atoms with Crippen LogP contribution in [0.3, 0.4) is 0 Å². The summed E-state index contributed by atoms with van der Waals surface area (Å²) in [5.41, 5.74) is 4.46. The first-order valence-corrected chi connectivity index (χ1v) is 16.1. The second-order valence-electron chi connectivity index (χ2n) is 11.2. The number of aliphatic imine (C=N–C) groups is 1. The van der Waals surface area contributed by atoms with E-state index in [0.717, 1.165) is 49.5 Å². The van der Waals surface area contributed by atoms with Crippen molar-refractivity contribution in [2.75, 3.05) is 56.7 Å². The number of fused-ring (bicyclic) bond motifs is 1. The number of anilines is 2. The lowest BCUT2D eigenvalue weighted by Gasteiger charge is -2.23. The molecule has 0 aliphatic carbocycles. The Morgan fingerprint density at radius 3 is 2.48 bits per heavy atom. The van der Waals surface area contributed by atoms with Crippen LogP contribution in [0.5, 0.6) is 0 Å². The Bertz CT molecular complexity index is 1550. The minimum atomic E-state index is -3.79. The van der Waals surface area contributed by atoms with E-state index in [1.54, 1.807) is 18.2 Å². The number of likely N-dealkylation sites (N-methyl/N-ethyl adjacent to an activating group) is 1. The number of carbonyl (C=O) groups is 1. The molecule has 1 unspecified atom stereocenters. The third-order valence-electron chi connectivity index (χ3n) is 8.23. The van der Waals surface area contributed by atoms with Gasteiger partial charge in [-0.05, 0) is 86.4 Å². The molecule has 0 saturated carbocycles. The number of carbonyl (C=O) groups excluding carboxylic acids is 1. The molecule has 3 aliphatic heterocycles. The molecule has 1 amide bonds. The summed E-state index contributed by atoms with van der Waals surface area (Å²) in [6.07, 6.45) is 2.38. The van der Waals surface area contributed by atoms with Crippen LogP contribution in [0, 0.1) is 0 Å². The molecule has 9 nitrogen and oxygen atoms in total. The number of nitrogens with zero attached hydrogens (tertiary/aromatic N) is 3. The summed E-state index contributed by atoms with van der Waals surface area (Å²) in [6.45, 7) is 5.17. The quantitative estimate of drug-likeness (QED) is 0.403. The molecule has 6 rings (SSSR count). The fourth-order valence-electron chi connectivity index (χ4n) is 5.87. The maximum absolute atomic E-state index is 13.5. The van der Waals surface area contributed by atoms with Crippen molar-refractivity contribution in [3.63, 3.8) is 0 Å². The summed E-state index contributed by atoms with van der Waals surface area (Å²) < 4.78 is 34.8. The fourth-order valence-corrected chi connectivity index (χ4v) is 7.21. The minimum absolute atomic E-state index is 0.133. The van der Waals surface area contributed by atoms with E-state index >= 15 is 0 Å². The van der Waals surface area contributed by atoms with Gasteiger partial charge in [-0.25, -0.2) is 13.1 Å². The molecule has 2 fully saturated rings. The van der Waals surface area contributed by atoms with Gasteiger partial charge in [-0.2, -0.15) is 0 Å². The molecule has 3 aromatic rings. The average Bonchev–Trinajstić information content (AvgIpc) is 3.17. The van der Waals surface area contributed by atoms with Crippen molar-refractivity contribution in [1.82, 2.24) is 9.62 Å². The SMILES string of the molecule is CN1CCCN(c2ccc(N=C(c3ccccc3)C3C(=O)Nc4ccc(S(=O)(=O)NC5CCOCC5)cc43)cc2)CC1. The van der Waals surface area contributed by atoms with Crippen molar-refractivity contribution in [2.45, 2.75) is 36.1 Å². The lowest BCUT2D eigenvalue weighted by Crippen LogP contribution is -2.38. The standard InChI is InChI=1S/C32H37N5O4S/c1-36-16-5-17-37(19-18-36)26-10-8-24(9-11-26)33-31(23-6-3-2-4-7-23)30-28-22-27(12-13-29(28)34-32(30)38)42(39,40)35-25-14-20-41-21-15-25/h2-4,6-13,22,25,30,35H,5,14-21H2,1H3,(H,34,38). The molecule has 10 heteroatoms. The molecule has 2 saturated heterocycles. The zero-order chi connectivity index (χ0) is 29.1. The molecule has 42 heavy (non-hydrogen) atoms. The molecule has 0 spiro atoms. The van der Waals surface area contributed by atoms with E-state index in [-0.39, 0.29) is 16.8 Å². The van der Waals surface area contributed by atoms with E-state index in [2.05, 4.69) is 39.0 Å². The second kappa shape index (κ2) is 12.3. The highest BCUT2D eigenvalue weighted by atomic mass is 32.2. The van der Waals surface area contributed by atoms with Crippen LogP contribution in [0.4, 0.5) is 17.1 Å². The predicted octanol–water partition coefficient (Wildman–Crippen LogP) is 4.14. The van der Waals surface area contributed by atoms with Gasteiger partial charge in [0.05, 0.1) is 16.3 Å². The Kier molecular flexibility index (Phi) is 8.39. The van der Waals surface area contributed by atoms with Crippen LogP contribution in [0.25, 0.3) is 0 Å². The molecule has 3 aliphatic rings. The van der Waals surface area contributed by atoms with Gasteiger partial charge in [-0.3, -0.25) is 9.79 Å². The maximum Gasteiger partial charge on any atom is 0.240 e. The topological polar surface area (TPSA) is 103 Å². The Morgan fingerprint density at radius 2 is 1.71 bits per heavy atom. The van der Waals surface area contributed by atoms with Crippen molar-refractivity contribution in [2.24, 2.45) is 4.99 Å². The summed E-state index contributed by atoms with van der Waals surface area (Å²) in [6, 6.07) is 22.4. The normalized spacial score (nSPS) is 20.7.